The molecule has 0 aromatic heterocycles. The van der Waals surface area contributed by atoms with Gasteiger partial charge in [-0.25, -0.2) is 0 Å². The molecule has 5 heteroatoms. The number of benzene rings is 2. The van der Waals surface area contributed by atoms with E-state index in [-0.39, 0.29) is 23.8 Å². The van der Waals surface area contributed by atoms with Gasteiger partial charge >= 0.3 is 0 Å². The van der Waals surface area contributed by atoms with Gasteiger partial charge in [0.25, 0.3) is 5.91 Å². The van der Waals surface area contributed by atoms with E-state index in [2.05, 4.69) is 38.7 Å². The van der Waals surface area contributed by atoms with E-state index >= 15 is 0 Å². The summed E-state index contributed by atoms with van der Waals surface area (Å²) in [5.74, 6) is -0.188. The van der Waals surface area contributed by atoms with E-state index in [9.17, 15) is 9.59 Å². The Morgan fingerprint density at radius 2 is 1.80 bits per heavy atom. The normalized spacial score (nSPS) is 15.1. The second-order valence-electron chi connectivity index (χ2n) is 6.37. The first-order valence-corrected chi connectivity index (χ1v) is 9.29. The summed E-state index contributed by atoms with van der Waals surface area (Å²) in [6.45, 7) is 0.328. The quantitative estimate of drug-likeness (QED) is 0.775. The van der Waals surface area contributed by atoms with Crippen LogP contribution in [-0.4, -0.2) is 18.4 Å². The van der Waals surface area contributed by atoms with Crippen LogP contribution < -0.4 is 10.6 Å². The van der Waals surface area contributed by atoms with Crippen molar-refractivity contribution in [1.29, 1.82) is 0 Å². The molecule has 130 valence electrons. The van der Waals surface area contributed by atoms with Gasteiger partial charge in [-0.1, -0.05) is 46.3 Å². The second kappa shape index (κ2) is 7.83. The van der Waals surface area contributed by atoms with E-state index in [4.69, 9.17) is 0 Å². The Balaban J connectivity index is 1.52. The maximum absolute atomic E-state index is 12.4. The first-order valence-electron chi connectivity index (χ1n) is 8.49. The lowest BCUT2D eigenvalue weighted by molar-refractivity contribution is -0.124. The standard InChI is InChI=1S/C20H21BrN2O2/c21-17-9-4-8-16(14-17)20(11-5-12-20)23-18(24)10-13-22-19(25)15-6-2-1-3-7-15/h1-4,6-9,14H,5,10-13H2,(H,22,25)(H,23,24). The van der Waals surface area contributed by atoms with Crippen molar-refractivity contribution in [3.8, 4) is 0 Å². The molecule has 2 aromatic carbocycles. The highest BCUT2D eigenvalue weighted by atomic mass is 79.9. The van der Waals surface area contributed by atoms with Crippen LogP contribution in [0.5, 0.6) is 0 Å². The summed E-state index contributed by atoms with van der Waals surface area (Å²) in [6.07, 6.45) is 3.28. The van der Waals surface area contributed by atoms with Crippen LogP contribution in [-0.2, 0) is 10.3 Å². The van der Waals surface area contributed by atoms with Gasteiger partial charge in [-0.3, -0.25) is 9.59 Å². The van der Waals surface area contributed by atoms with E-state index in [1.165, 1.54) is 0 Å². The topological polar surface area (TPSA) is 58.2 Å². The fourth-order valence-electron chi connectivity index (χ4n) is 3.11. The molecule has 0 unspecified atom stereocenters. The van der Waals surface area contributed by atoms with Crippen LogP contribution in [0.15, 0.2) is 59.1 Å². The first-order chi connectivity index (χ1) is 12.1. The fourth-order valence-corrected chi connectivity index (χ4v) is 3.51. The van der Waals surface area contributed by atoms with Crippen molar-refractivity contribution >= 4 is 27.7 Å². The van der Waals surface area contributed by atoms with Crippen LogP contribution in [0, 0.1) is 0 Å². The summed E-state index contributed by atoms with van der Waals surface area (Å²) >= 11 is 3.49. The van der Waals surface area contributed by atoms with Crippen LogP contribution in [0.1, 0.15) is 41.6 Å². The molecule has 2 aromatic rings. The molecule has 0 radical (unpaired) electrons. The lowest BCUT2D eigenvalue weighted by Gasteiger charge is -2.43. The highest BCUT2D eigenvalue weighted by Gasteiger charge is 2.39. The van der Waals surface area contributed by atoms with Crippen LogP contribution in [0.3, 0.4) is 0 Å². The molecule has 2 N–H and O–H groups in total. The predicted octanol–water partition coefficient (Wildman–Crippen LogP) is 3.76. The van der Waals surface area contributed by atoms with Crippen LogP contribution in [0.4, 0.5) is 0 Å². The molecule has 0 bridgehead atoms. The molecule has 1 fully saturated rings. The molecule has 0 saturated heterocycles. The van der Waals surface area contributed by atoms with Gasteiger partial charge in [0.15, 0.2) is 0 Å². The number of carbonyl (C=O) groups excluding carboxylic acids is 2. The highest BCUT2D eigenvalue weighted by molar-refractivity contribution is 9.10. The van der Waals surface area contributed by atoms with Crippen molar-refractivity contribution < 1.29 is 9.59 Å². The minimum absolute atomic E-state index is 0.0342. The van der Waals surface area contributed by atoms with Gasteiger partial charge in [-0.2, -0.15) is 0 Å². The van der Waals surface area contributed by atoms with Crippen LogP contribution >= 0.6 is 15.9 Å². The molecular formula is C20H21BrN2O2. The van der Waals surface area contributed by atoms with Gasteiger partial charge in [0.2, 0.25) is 5.91 Å². The lowest BCUT2D eigenvalue weighted by Crippen LogP contribution is -2.51. The van der Waals surface area contributed by atoms with Gasteiger partial charge in [-0.15, -0.1) is 0 Å². The third-order valence-corrected chi connectivity index (χ3v) is 5.13. The maximum Gasteiger partial charge on any atom is 0.251 e. The van der Waals surface area contributed by atoms with Gasteiger partial charge in [0.05, 0.1) is 5.54 Å². The lowest BCUT2D eigenvalue weighted by atomic mass is 9.71. The summed E-state index contributed by atoms with van der Waals surface area (Å²) in [7, 11) is 0. The predicted molar refractivity (Wildman–Crippen MR) is 101 cm³/mol. The molecule has 0 aliphatic heterocycles. The van der Waals surface area contributed by atoms with Gasteiger partial charge in [0, 0.05) is 23.0 Å². The molecule has 25 heavy (non-hydrogen) atoms. The number of carbonyl (C=O) groups is 2. The third kappa shape index (κ3) is 4.28. The molecule has 1 saturated carbocycles. The Hall–Kier alpha value is -2.14. The molecule has 4 nitrogen and oxygen atoms in total. The third-order valence-electron chi connectivity index (χ3n) is 4.64. The summed E-state index contributed by atoms with van der Waals surface area (Å²) < 4.78 is 1.01. The van der Waals surface area contributed by atoms with Gasteiger partial charge in [-0.05, 0) is 49.1 Å². The zero-order chi connectivity index (χ0) is 17.7. The van der Waals surface area contributed by atoms with Crippen molar-refractivity contribution in [1.82, 2.24) is 10.6 Å². The zero-order valence-corrected chi connectivity index (χ0v) is 15.5. The molecule has 0 spiro atoms. The van der Waals surface area contributed by atoms with Gasteiger partial charge < -0.3 is 10.6 Å². The number of nitrogens with one attached hydrogen (secondary N) is 2. The molecule has 2 amide bonds. The minimum atomic E-state index is -0.260. The number of rotatable bonds is 6. The number of halogens is 1. The maximum atomic E-state index is 12.4. The number of amides is 2. The first kappa shape index (κ1) is 17.7. The van der Waals surface area contributed by atoms with Crippen molar-refractivity contribution in [2.24, 2.45) is 0 Å². The Morgan fingerprint density at radius 3 is 2.44 bits per heavy atom. The average Bonchev–Trinajstić information content (AvgIpc) is 2.59. The SMILES string of the molecule is O=C(CCNC(=O)c1ccccc1)NC1(c2cccc(Br)c2)CCC1. The van der Waals surface area contributed by atoms with Crippen LogP contribution in [0.25, 0.3) is 0 Å². The smallest absolute Gasteiger partial charge is 0.251 e. The fraction of sp³-hybridized carbons (Fsp3) is 0.300. The van der Waals surface area contributed by atoms with E-state index in [0.29, 0.717) is 12.1 Å². The summed E-state index contributed by atoms with van der Waals surface area (Å²) in [5, 5.41) is 5.97. The summed E-state index contributed by atoms with van der Waals surface area (Å²) in [4.78, 5) is 24.3. The Morgan fingerprint density at radius 1 is 1.04 bits per heavy atom. The average molecular weight is 401 g/mol. The largest absolute Gasteiger partial charge is 0.352 e. The number of hydrogen-bond donors (Lipinski definition) is 2. The van der Waals surface area contributed by atoms with Crippen molar-refractivity contribution in [3.63, 3.8) is 0 Å². The zero-order valence-electron chi connectivity index (χ0n) is 13.9. The Bertz CT molecular complexity index is 757. The van der Waals surface area contributed by atoms with Crippen molar-refractivity contribution in [2.75, 3.05) is 6.54 Å². The molecular weight excluding hydrogens is 380 g/mol. The van der Waals surface area contributed by atoms with Gasteiger partial charge in [0.1, 0.15) is 0 Å². The second-order valence-corrected chi connectivity index (χ2v) is 7.28. The molecule has 1 aliphatic carbocycles. The van der Waals surface area contributed by atoms with E-state index in [1.54, 1.807) is 12.1 Å². The van der Waals surface area contributed by atoms with Crippen molar-refractivity contribution in [2.45, 2.75) is 31.2 Å². The highest BCUT2D eigenvalue weighted by Crippen LogP contribution is 2.41. The number of hydrogen-bond acceptors (Lipinski definition) is 2. The molecule has 0 atom stereocenters. The minimum Gasteiger partial charge on any atom is -0.352 e. The van der Waals surface area contributed by atoms with Crippen molar-refractivity contribution in [3.05, 3.63) is 70.2 Å². The molecule has 0 heterocycles. The summed E-state index contributed by atoms with van der Waals surface area (Å²) in [5.41, 5.74) is 1.48. The Kier molecular flexibility index (Phi) is 5.53. The van der Waals surface area contributed by atoms with E-state index < -0.39 is 0 Å². The van der Waals surface area contributed by atoms with E-state index in [0.717, 1.165) is 29.3 Å². The Labute approximate surface area is 156 Å². The van der Waals surface area contributed by atoms with E-state index in [1.807, 2.05) is 30.3 Å². The molecule has 3 rings (SSSR count). The summed E-state index contributed by atoms with van der Waals surface area (Å²) in [6, 6.07) is 17.1. The van der Waals surface area contributed by atoms with Crippen LogP contribution in [0.2, 0.25) is 0 Å². The molecule has 1 aliphatic rings. The monoisotopic (exact) mass is 400 g/mol.